The van der Waals surface area contributed by atoms with Gasteiger partial charge < -0.3 is 15.3 Å². The number of hydrogen-bond acceptors (Lipinski definition) is 4. The fourth-order valence-corrected chi connectivity index (χ4v) is 4.11. The zero-order valence-corrected chi connectivity index (χ0v) is 18.4. The summed E-state index contributed by atoms with van der Waals surface area (Å²) < 4.78 is 0. The van der Waals surface area contributed by atoms with Crippen molar-refractivity contribution < 1.29 is 9.90 Å². The van der Waals surface area contributed by atoms with Crippen LogP contribution in [0.15, 0.2) is 54.6 Å². The zero-order valence-electron chi connectivity index (χ0n) is 18.4. The number of carbonyl (C=O) groups is 1. The molecule has 1 saturated heterocycles. The van der Waals surface area contributed by atoms with Crippen molar-refractivity contribution in [1.82, 2.24) is 9.80 Å². The molecule has 1 amide bonds. The second kappa shape index (κ2) is 10.7. The highest BCUT2D eigenvalue weighted by molar-refractivity contribution is 5.94. The number of hydrogen-bond donors (Lipinski definition) is 2. The van der Waals surface area contributed by atoms with Gasteiger partial charge in [-0.1, -0.05) is 42.5 Å². The molecule has 2 N–H and O–H groups in total. The van der Waals surface area contributed by atoms with Gasteiger partial charge in [-0.2, -0.15) is 0 Å². The lowest BCUT2D eigenvalue weighted by molar-refractivity contribution is -0.120. The molecule has 1 aliphatic rings. The summed E-state index contributed by atoms with van der Waals surface area (Å²) in [5.41, 5.74) is 2.97. The zero-order chi connectivity index (χ0) is 21.5. The number of nitrogens with zero attached hydrogens (tertiary/aromatic N) is 2. The molecule has 1 heterocycles. The summed E-state index contributed by atoms with van der Waals surface area (Å²) in [5.74, 6) is 0.612. The van der Waals surface area contributed by atoms with Crippen LogP contribution in [0, 0.1) is 12.8 Å². The molecule has 0 saturated carbocycles. The van der Waals surface area contributed by atoms with Gasteiger partial charge in [0.1, 0.15) is 0 Å². The first kappa shape index (κ1) is 22.5. The van der Waals surface area contributed by atoms with Crippen LogP contribution in [0.2, 0.25) is 0 Å². The Morgan fingerprint density at radius 1 is 1.17 bits per heavy atom. The Morgan fingerprint density at radius 3 is 2.53 bits per heavy atom. The van der Waals surface area contributed by atoms with E-state index in [2.05, 4.69) is 15.1 Å². The summed E-state index contributed by atoms with van der Waals surface area (Å²) in [6.07, 6.45) is 1.76. The van der Waals surface area contributed by atoms with Gasteiger partial charge in [-0.05, 0) is 76.0 Å². The number of piperidine rings is 1. The molecule has 30 heavy (non-hydrogen) atoms. The van der Waals surface area contributed by atoms with Crippen LogP contribution in [-0.2, 0) is 4.79 Å². The normalized spacial score (nSPS) is 17.6. The van der Waals surface area contributed by atoms with E-state index in [0.717, 1.165) is 49.3 Å². The number of rotatable bonds is 8. The van der Waals surface area contributed by atoms with Gasteiger partial charge in [0.2, 0.25) is 5.91 Å². The molecule has 0 aliphatic carbocycles. The van der Waals surface area contributed by atoms with Crippen LogP contribution in [0.1, 0.15) is 37.0 Å². The van der Waals surface area contributed by atoms with E-state index >= 15 is 0 Å². The van der Waals surface area contributed by atoms with Gasteiger partial charge in [-0.3, -0.25) is 9.69 Å². The van der Waals surface area contributed by atoms with Crippen LogP contribution in [0.5, 0.6) is 0 Å². The van der Waals surface area contributed by atoms with Crippen LogP contribution in [0.4, 0.5) is 5.69 Å². The van der Waals surface area contributed by atoms with Crippen molar-refractivity contribution in [3.05, 3.63) is 65.7 Å². The second-order valence-corrected chi connectivity index (χ2v) is 8.64. The van der Waals surface area contributed by atoms with E-state index in [-0.39, 0.29) is 11.9 Å². The number of nitrogens with one attached hydrogen (secondary N) is 1. The lowest BCUT2D eigenvalue weighted by Crippen LogP contribution is -2.44. The van der Waals surface area contributed by atoms with Crippen molar-refractivity contribution in [2.75, 3.05) is 38.5 Å². The third-order valence-electron chi connectivity index (χ3n) is 6.20. The van der Waals surface area contributed by atoms with Gasteiger partial charge >= 0.3 is 0 Å². The average molecular weight is 410 g/mol. The molecule has 5 heteroatoms. The first-order chi connectivity index (χ1) is 14.4. The quantitative estimate of drug-likeness (QED) is 0.698. The van der Waals surface area contributed by atoms with E-state index in [1.165, 1.54) is 0 Å². The number of aryl methyl sites for hydroxylation is 1. The maximum atomic E-state index is 12.6. The topological polar surface area (TPSA) is 55.8 Å². The lowest BCUT2D eigenvalue weighted by atomic mass is 9.95. The molecule has 1 aliphatic heterocycles. The highest BCUT2D eigenvalue weighted by Gasteiger charge is 2.25. The summed E-state index contributed by atoms with van der Waals surface area (Å²) >= 11 is 0. The number of anilines is 1. The number of aliphatic hydroxyl groups is 1. The predicted octanol–water partition coefficient (Wildman–Crippen LogP) is 3.70. The van der Waals surface area contributed by atoms with Crippen LogP contribution in [-0.4, -0.2) is 60.1 Å². The van der Waals surface area contributed by atoms with Gasteiger partial charge in [0.25, 0.3) is 0 Å². The van der Waals surface area contributed by atoms with Crippen LogP contribution >= 0.6 is 0 Å². The standard InChI is InChI=1S/C25H35N3O2/c1-19-8-7-11-23(16-19)26-25(30)20(2)27(3)17-21-12-14-28(15-13-21)18-24(29)22-9-5-4-6-10-22/h4-11,16,20-21,24,29H,12-15,17-18H2,1-3H3,(H,26,30). The van der Waals surface area contributed by atoms with Crippen molar-refractivity contribution in [2.24, 2.45) is 5.92 Å². The maximum absolute atomic E-state index is 12.6. The van der Waals surface area contributed by atoms with Gasteiger partial charge in [-0.15, -0.1) is 0 Å². The Balaban J connectivity index is 1.42. The van der Waals surface area contributed by atoms with Crippen molar-refractivity contribution >= 4 is 11.6 Å². The molecular weight excluding hydrogens is 374 g/mol. The molecule has 0 radical (unpaired) electrons. The molecule has 3 rings (SSSR count). The Labute approximate surface area is 180 Å². The molecular formula is C25H35N3O2. The largest absolute Gasteiger partial charge is 0.387 e. The summed E-state index contributed by atoms with van der Waals surface area (Å²) in [5, 5.41) is 13.5. The third kappa shape index (κ3) is 6.39. The lowest BCUT2D eigenvalue weighted by Gasteiger charge is -2.36. The van der Waals surface area contributed by atoms with Crippen molar-refractivity contribution in [3.63, 3.8) is 0 Å². The molecule has 5 nitrogen and oxygen atoms in total. The van der Waals surface area contributed by atoms with Gasteiger partial charge in [0.05, 0.1) is 12.1 Å². The minimum atomic E-state index is -0.434. The Bertz CT molecular complexity index is 803. The minimum Gasteiger partial charge on any atom is -0.387 e. The van der Waals surface area contributed by atoms with E-state index in [0.29, 0.717) is 12.5 Å². The number of likely N-dealkylation sites (tertiary alicyclic amines) is 1. The maximum Gasteiger partial charge on any atom is 0.241 e. The molecule has 2 aromatic carbocycles. The Hall–Kier alpha value is -2.21. The van der Waals surface area contributed by atoms with Crippen LogP contribution < -0.4 is 5.32 Å². The highest BCUT2D eigenvalue weighted by Crippen LogP contribution is 2.22. The summed E-state index contributed by atoms with van der Waals surface area (Å²) in [6.45, 7) is 7.57. The Morgan fingerprint density at radius 2 is 1.87 bits per heavy atom. The summed E-state index contributed by atoms with van der Waals surface area (Å²) in [7, 11) is 2.03. The smallest absolute Gasteiger partial charge is 0.241 e. The fraction of sp³-hybridized carbons (Fsp3) is 0.480. The van der Waals surface area contributed by atoms with E-state index in [1.54, 1.807) is 0 Å². The van der Waals surface area contributed by atoms with Crippen LogP contribution in [0.25, 0.3) is 0 Å². The number of aliphatic hydroxyl groups excluding tert-OH is 1. The van der Waals surface area contributed by atoms with E-state index in [9.17, 15) is 9.90 Å². The van der Waals surface area contributed by atoms with Crippen molar-refractivity contribution in [3.8, 4) is 0 Å². The molecule has 2 unspecified atom stereocenters. The monoisotopic (exact) mass is 409 g/mol. The molecule has 0 aromatic heterocycles. The van der Waals surface area contributed by atoms with Crippen molar-refractivity contribution in [1.29, 1.82) is 0 Å². The summed E-state index contributed by atoms with van der Waals surface area (Å²) in [6, 6.07) is 17.6. The number of amides is 1. The molecule has 2 aromatic rings. The molecule has 0 spiro atoms. The first-order valence-electron chi connectivity index (χ1n) is 11.0. The van der Waals surface area contributed by atoms with E-state index in [1.807, 2.05) is 75.5 Å². The molecule has 2 atom stereocenters. The number of benzene rings is 2. The van der Waals surface area contributed by atoms with Crippen molar-refractivity contribution in [2.45, 2.75) is 38.8 Å². The van der Waals surface area contributed by atoms with E-state index in [4.69, 9.17) is 0 Å². The molecule has 1 fully saturated rings. The average Bonchev–Trinajstić information content (AvgIpc) is 2.75. The molecule has 0 bridgehead atoms. The van der Waals surface area contributed by atoms with E-state index < -0.39 is 6.10 Å². The summed E-state index contributed by atoms with van der Waals surface area (Å²) in [4.78, 5) is 17.1. The SMILES string of the molecule is Cc1cccc(NC(=O)C(C)N(C)CC2CCN(CC(O)c3ccccc3)CC2)c1. The fourth-order valence-electron chi connectivity index (χ4n) is 4.11. The van der Waals surface area contributed by atoms with Gasteiger partial charge in [0, 0.05) is 18.8 Å². The van der Waals surface area contributed by atoms with Crippen LogP contribution in [0.3, 0.4) is 0 Å². The minimum absolute atomic E-state index is 0.0338. The second-order valence-electron chi connectivity index (χ2n) is 8.64. The Kier molecular flexibility index (Phi) is 8.02. The number of carbonyl (C=O) groups excluding carboxylic acids is 1. The van der Waals surface area contributed by atoms with Gasteiger partial charge in [0.15, 0.2) is 0 Å². The molecule has 162 valence electrons. The highest BCUT2D eigenvalue weighted by atomic mass is 16.3. The third-order valence-corrected chi connectivity index (χ3v) is 6.20. The first-order valence-corrected chi connectivity index (χ1v) is 11.0. The van der Waals surface area contributed by atoms with Gasteiger partial charge in [-0.25, -0.2) is 0 Å². The number of β-amino-alcohol motifs (C(OH)–C–C–N with tert-alkyl or cyclic N) is 1. The predicted molar refractivity (Wildman–Crippen MR) is 122 cm³/mol. The number of likely N-dealkylation sites (N-methyl/N-ethyl adjacent to an activating group) is 1.